The molecule has 2 N–H and O–H groups in total. The molecule has 2 heterocycles. The highest BCUT2D eigenvalue weighted by molar-refractivity contribution is 5.79. The summed E-state index contributed by atoms with van der Waals surface area (Å²) < 4.78 is 16.4. The lowest BCUT2D eigenvalue weighted by Crippen LogP contribution is -2.39. The molecule has 0 aliphatic carbocycles. The Labute approximate surface area is 250 Å². The van der Waals surface area contributed by atoms with Gasteiger partial charge in [-0.05, 0) is 46.5 Å². The number of carbonyl (C=O) groups excluding carboxylic acids is 1. The second kappa shape index (κ2) is 12.6. The average Bonchev–Trinajstić information content (AvgIpc) is 3.67. The van der Waals surface area contributed by atoms with E-state index in [-0.39, 0.29) is 31.1 Å². The fraction of sp³-hybridized carbons (Fsp3) is 0.257. The maximum Gasteiger partial charge on any atom is 0.309 e. The summed E-state index contributed by atoms with van der Waals surface area (Å²) in [6.07, 6.45) is 0. The summed E-state index contributed by atoms with van der Waals surface area (Å²) in [5, 5.41) is 13.7. The van der Waals surface area contributed by atoms with Crippen LogP contribution in [0.5, 0.6) is 17.2 Å². The van der Waals surface area contributed by atoms with Gasteiger partial charge >= 0.3 is 5.97 Å². The zero-order chi connectivity index (χ0) is 29.8. The van der Waals surface area contributed by atoms with Crippen molar-refractivity contribution in [2.45, 2.75) is 17.9 Å². The molecular formula is C35H34N2O6. The highest BCUT2D eigenvalue weighted by atomic mass is 16.7. The largest absolute Gasteiger partial charge is 0.497 e. The van der Waals surface area contributed by atoms with Crippen molar-refractivity contribution >= 4 is 11.9 Å². The van der Waals surface area contributed by atoms with Crippen LogP contribution in [0.25, 0.3) is 0 Å². The van der Waals surface area contributed by atoms with Gasteiger partial charge in [0.05, 0.1) is 19.6 Å². The molecule has 0 spiro atoms. The lowest BCUT2D eigenvalue weighted by atomic mass is 9.82. The number of hydrogen-bond acceptors (Lipinski definition) is 6. The molecule has 0 aromatic heterocycles. The molecule has 6 rings (SSSR count). The number of carboxylic acids is 1. The van der Waals surface area contributed by atoms with Gasteiger partial charge < -0.3 is 24.6 Å². The summed E-state index contributed by atoms with van der Waals surface area (Å²) in [5.74, 6) is -0.329. The number of nitrogens with zero attached hydrogens (tertiary/aromatic N) is 1. The molecule has 8 heteroatoms. The quantitative estimate of drug-likeness (QED) is 0.267. The van der Waals surface area contributed by atoms with E-state index in [4.69, 9.17) is 14.2 Å². The monoisotopic (exact) mass is 578 g/mol. The van der Waals surface area contributed by atoms with E-state index < -0.39 is 17.9 Å². The first-order valence-electron chi connectivity index (χ1n) is 14.4. The Morgan fingerprint density at radius 2 is 1.51 bits per heavy atom. The van der Waals surface area contributed by atoms with Gasteiger partial charge in [-0.1, -0.05) is 78.9 Å². The number of benzene rings is 4. The molecule has 1 amide bonds. The van der Waals surface area contributed by atoms with Crippen molar-refractivity contribution < 1.29 is 28.9 Å². The van der Waals surface area contributed by atoms with E-state index in [0.717, 1.165) is 22.3 Å². The van der Waals surface area contributed by atoms with Crippen molar-refractivity contribution in [3.05, 3.63) is 125 Å². The van der Waals surface area contributed by atoms with Crippen molar-refractivity contribution in [1.29, 1.82) is 0 Å². The SMILES string of the molecule is COc1ccc([C@@H]2[C@@H](C(=O)O)[C@H](c3ccc4c(c3)OCO4)CN2CC(=O)NCC(c2ccccc2)c2ccccc2)cc1. The van der Waals surface area contributed by atoms with Crippen molar-refractivity contribution in [2.75, 3.05) is 33.5 Å². The first kappa shape index (κ1) is 28.3. The molecule has 4 aromatic rings. The molecule has 1 fully saturated rings. The molecule has 8 nitrogen and oxygen atoms in total. The van der Waals surface area contributed by atoms with Crippen LogP contribution in [-0.4, -0.2) is 55.4 Å². The number of methoxy groups -OCH3 is 1. The highest BCUT2D eigenvalue weighted by Crippen LogP contribution is 2.47. The first-order chi connectivity index (χ1) is 21.0. The van der Waals surface area contributed by atoms with Crippen molar-refractivity contribution in [3.63, 3.8) is 0 Å². The van der Waals surface area contributed by atoms with Gasteiger partial charge in [-0.15, -0.1) is 0 Å². The van der Waals surface area contributed by atoms with E-state index in [0.29, 0.717) is 30.3 Å². The standard InChI is InChI=1S/C35H34N2O6/c1-41-27-15-12-25(13-16-27)34-33(35(39)40)29(26-14-17-30-31(18-26)43-22-42-30)20-37(34)21-32(38)36-19-28(23-8-4-2-5-9-23)24-10-6-3-7-11-24/h2-18,28-29,33-34H,19-22H2,1H3,(H,36,38)(H,39,40)/t29-,33-,34+/m0/s1. The predicted molar refractivity (Wildman–Crippen MR) is 161 cm³/mol. The van der Waals surface area contributed by atoms with Crippen LogP contribution in [-0.2, 0) is 9.59 Å². The summed E-state index contributed by atoms with van der Waals surface area (Å²) in [4.78, 5) is 28.4. The zero-order valence-corrected chi connectivity index (χ0v) is 23.9. The van der Waals surface area contributed by atoms with Crippen molar-refractivity contribution in [1.82, 2.24) is 10.2 Å². The Morgan fingerprint density at radius 3 is 2.14 bits per heavy atom. The molecule has 43 heavy (non-hydrogen) atoms. The van der Waals surface area contributed by atoms with Gasteiger partial charge in [-0.25, -0.2) is 0 Å². The molecule has 2 aliphatic rings. The molecular weight excluding hydrogens is 544 g/mol. The third kappa shape index (κ3) is 6.05. The molecule has 0 unspecified atom stereocenters. The number of ether oxygens (including phenoxy) is 3. The number of likely N-dealkylation sites (tertiary alicyclic amines) is 1. The van der Waals surface area contributed by atoms with Crippen LogP contribution in [0, 0.1) is 5.92 Å². The number of fused-ring (bicyclic) bond motifs is 1. The minimum Gasteiger partial charge on any atom is -0.497 e. The van der Waals surface area contributed by atoms with Crippen LogP contribution in [0.3, 0.4) is 0 Å². The maximum atomic E-state index is 13.6. The molecule has 220 valence electrons. The molecule has 1 saturated heterocycles. The summed E-state index contributed by atoms with van der Waals surface area (Å²) >= 11 is 0. The summed E-state index contributed by atoms with van der Waals surface area (Å²) in [6.45, 7) is 1.00. The van der Waals surface area contributed by atoms with Gasteiger partial charge in [0.15, 0.2) is 11.5 Å². The van der Waals surface area contributed by atoms with Gasteiger partial charge in [-0.2, -0.15) is 0 Å². The van der Waals surface area contributed by atoms with Crippen molar-refractivity contribution in [2.24, 2.45) is 5.92 Å². The summed E-state index contributed by atoms with van der Waals surface area (Å²) in [6, 6.07) is 32.7. The van der Waals surface area contributed by atoms with E-state index >= 15 is 0 Å². The molecule has 4 aromatic carbocycles. The van der Waals surface area contributed by atoms with Crippen LogP contribution in [0.1, 0.15) is 40.1 Å². The Hall–Kier alpha value is -4.82. The van der Waals surface area contributed by atoms with Gasteiger partial charge in [-0.3, -0.25) is 14.5 Å². The maximum absolute atomic E-state index is 13.6. The number of nitrogens with one attached hydrogen (secondary N) is 1. The van der Waals surface area contributed by atoms with Gasteiger partial charge in [0.25, 0.3) is 0 Å². The van der Waals surface area contributed by atoms with Crippen LogP contribution in [0.2, 0.25) is 0 Å². The van der Waals surface area contributed by atoms with E-state index in [9.17, 15) is 14.7 Å². The Morgan fingerprint density at radius 1 is 0.884 bits per heavy atom. The molecule has 0 radical (unpaired) electrons. The summed E-state index contributed by atoms with van der Waals surface area (Å²) in [7, 11) is 1.59. The fourth-order valence-corrected chi connectivity index (χ4v) is 6.33. The molecule has 0 bridgehead atoms. The molecule has 2 aliphatic heterocycles. The van der Waals surface area contributed by atoms with Gasteiger partial charge in [0.2, 0.25) is 12.7 Å². The lowest BCUT2D eigenvalue weighted by Gasteiger charge is -2.27. The Balaban J connectivity index is 1.26. The number of aliphatic carboxylic acids is 1. The van der Waals surface area contributed by atoms with E-state index in [1.54, 1.807) is 7.11 Å². The van der Waals surface area contributed by atoms with Crippen LogP contribution < -0.4 is 19.5 Å². The molecule has 0 saturated carbocycles. The van der Waals surface area contributed by atoms with E-state index in [2.05, 4.69) is 29.6 Å². The predicted octanol–water partition coefficient (Wildman–Crippen LogP) is 5.21. The van der Waals surface area contributed by atoms with Crippen LogP contribution >= 0.6 is 0 Å². The average molecular weight is 579 g/mol. The second-order valence-corrected chi connectivity index (χ2v) is 10.9. The van der Waals surface area contributed by atoms with E-state index in [1.165, 1.54) is 0 Å². The zero-order valence-electron chi connectivity index (χ0n) is 23.9. The number of carboxylic acid groups (broad SMARTS) is 1. The van der Waals surface area contributed by atoms with Gasteiger partial charge in [0, 0.05) is 31.0 Å². The minimum atomic E-state index is -0.917. The van der Waals surface area contributed by atoms with E-state index in [1.807, 2.05) is 83.8 Å². The number of carbonyl (C=O) groups is 2. The smallest absolute Gasteiger partial charge is 0.309 e. The topological polar surface area (TPSA) is 97.3 Å². The second-order valence-electron chi connectivity index (χ2n) is 10.9. The molecule has 3 atom stereocenters. The van der Waals surface area contributed by atoms with Crippen LogP contribution in [0.4, 0.5) is 0 Å². The number of rotatable bonds is 10. The highest BCUT2D eigenvalue weighted by Gasteiger charge is 2.48. The van der Waals surface area contributed by atoms with Gasteiger partial charge in [0.1, 0.15) is 5.75 Å². The normalized spacial score (nSPS) is 19.3. The number of hydrogen-bond donors (Lipinski definition) is 2. The Bertz CT molecular complexity index is 1520. The van der Waals surface area contributed by atoms with Crippen LogP contribution in [0.15, 0.2) is 103 Å². The number of amides is 1. The van der Waals surface area contributed by atoms with Crippen molar-refractivity contribution in [3.8, 4) is 17.2 Å². The Kier molecular flexibility index (Phi) is 8.29. The summed E-state index contributed by atoms with van der Waals surface area (Å²) in [5.41, 5.74) is 3.88. The lowest BCUT2D eigenvalue weighted by molar-refractivity contribution is -0.143. The first-order valence-corrected chi connectivity index (χ1v) is 14.4. The minimum absolute atomic E-state index is 0.0181. The third-order valence-corrected chi connectivity index (χ3v) is 8.42. The fourth-order valence-electron chi connectivity index (χ4n) is 6.33. The third-order valence-electron chi connectivity index (χ3n) is 8.42.